The topological polar surface area (TPSA) is 51.0 Å². The zero-order valence-electron chi connectivity index (χ0n) is 15.6. The second-order valence-electron chi connectivity index (χ2n) is 7.27. The zero-order valence-corrected chi connectivity index (χ0v) is 18.0. The highest BCUT2D eigenvalue weighted by Crippen LogP contribution is 2.36. The molecular weight excluding hydrogens is 412 g/mol. The lowest BCUT2D eigenvalue weighted by molar-refractivity contribution is 0.0718. The van der Waals surface area contributed by atoms with Gasteiger partial charge in [0.1, 0.15) is 4.83 Å². The molecule has 1 amide bonds. The second kappa shape index (κ2) is 6.83. The monoisotopic (exact) mass is 430 g/mol. The number of rotatable bonds is 2. The molecule has 3 aromatic heterocycles. The fourth-order valence-electron chi connectivity index (χ4n) is 3.89. The van der Waals surface area contributed by atoms with Crippen LogP contribution in [0.3, 0.4) is 0 Å². The van der Waals surface area contributed by atoms with Gasteiger partial charge in [0.05, 0.1) is 25.8 Å². The van der Waals surface area contributed by atoms with Crippen LogP contribution >= 0.6 is 34.3 Å². The number of aromatic nitrogens is 3. The third kappa shape index (κ3) is 3.02. The molecular formula is C20H19ClN4OS2. The molecule has 28 heavy (non-hydrogen) atoms. The standard InChI is InChI=1S/C20H19ClN4OS2/c1-11-14-10-17(28-20(14)24(2)23-11)19(26)25-7-5-12(6-8-25)18-22-15-9-13(21)3-4-16(15)27-18/h3-4,9-10,12H,5-8H2,1-2H3. The van der Waals surface area contributed by atoms with E-state index in [-0.39, 0.29) is 5.91 Å². The van der Waals surface area contributed by atoms with E-state index in [1.165, 1.54) is 16.0 Å². The number of nitrogens with zero attached hydrogens (tertiary/aromatic N) is 4. The van der Waals surface area contributed by atoms with Crippen molar-refractivity contribution < 1.29 is 4.79 Å². The fourth-order valence-corrected chi connectivity index (χ4v) is 6.26. The van der Waals surface area contributed by atoms with Gasteiger partial charge < -0.3 is 4.90 Å². The Morgan fingerprint density at radius 3 is 2.75 bits per heavy atom. The van der Waals surface area contributed by atoms with Gasteiger partial charge in [-0.1, -0.05) is 11.6 Å². The number of thiazole rings is 1. The molecule has 1 aliphatic rings. The van der Waals surface area contributed by atoms with Gasteiger partial charge in [-0.05, 0) is 44.0 Å². The van der Waals surface area contributed by atoms with Crippen LogP contribution in [0.4, 0.5) is 0 Å². The first kappa shape index (κ1) is 18.1. The Balaban J connectivity index is 1.31. The molecule has 0 atom stereocenters. The van der Waals surface area contributed by atoms with Gasteiger partial charge in [-0.15, -0.1) is 22.7 Å². The first-order valence-corrected chi connectivity index (χ1v) is 11.3. The number of likely N-dealkylation sites (tertiary alicyclic amines) is 1. The number of piperidine rings is 1. The Morgan fingerprint density at radius 2 is 2.00 bits per heavy atom. The van der Waals surface area contributed by atoms with Gasteiger partial charge in [0.15, 0.2) is 0 Å². The van der Waals surface area contributed by atoms with E-state index < -0.39 is 0 Å². The van der Waals surface area contributed by atoms with E-state index in [4.69, 9.17) is 16.6 Å². The molecule has 4 heterocycles. The molecule has 1 saturated heterocycles. The Bertz CT molecular complexity index is 1170. The zero-order chi connectivity index (χ0) is 19.4. The van der Waals surface area contributed by atoms with Crippen molar-refractivity contribution in [3.8, 4) is 0 Å². The van der Waals surface area contributed by atoms with Crippen LogP contribution in [0, 0.1) is 6.92 Å². The maximum atomic E-state index is 13.0. The average molecular weight is 431 g/mol. The summed E-state index contributed by atoms with van der Waals surface area (Å²) in [6.07, 6.45) is 1.90. The second-order valence-corrected chi connectivity index (χ2v) is 9.80. The largest absolute Gasteiger partial charge is 0.338 e. The number of carbonyl (C=O) groups is 1. The number of aryl methyl sites for hydroxylation is 2. The van der Waals surface area contributed by atoms with Crippen molar-refractivity contribution in [2.24, 2.45) is 7.05 Å². The van der Waals surface area contributed by atoms with Gasteiger partial charge in [0, 0.05) is 36.5 Å². The lowest BCUT2D eigenvalue weighted by Crippen LogP contribution is -2.37. The van der Waals surface area contributed by atoms with Crippen LogP contribution in [0.5, 0.6) is 0 Å². The van der Waals surface area contributed by atoms with E-state index in [9.17, 15) is 4.79 Å². The van der Waals surface area contributed by atoms with Crippen LogP contribution in [0.25, 0.3) is 20.4 Å². The fraction of sp³-hybridized carbons (Fsp3) is 0.350. The van der Waals surface area contributed by atoms with Gasteiger partial charge in [0.25, 0.3) is 5.91 Å². The average Bonchev–Trinajstić information content (AvgIpc) is 3.37. The molecule has 0 radical (unpaired) electrons. The van der Waals surface area contributed by atoms with Crippen LogP contribution < -0.4 is 0 Å². The molecule has 5 rings (SSSR count). The lowest BCUT2D eigenvalue weighted by Gasteiger charge is -2.30. The quantitative estimate of drug-likeness (QED) is 0.437. The highest BCUT2D eigenvalue weighted by atomic mass is 35.5. The number of benzene rings is 1. The summed E-state index contributed by atoms with van der Waals surface area (Å²) >= 11 is 9.36. The molecule has 0 aliphatic carbocycles. The predicted octanol–water partition coefficient (Wildman–Crippen LogP) is 5.23. The number of amides is 1. The summed E-state index contributed by atoms with van der Waals surface area (Å²) in [6, 6.07) is 7.87. The van der Waals surface area contributed by atoms with Crippen molar-refractivity contribution in [3.63, 3.8) is 0 Å². The maximum absolute atomic E-state index is 13.0. The van der Waals surface area contributed by atoms with Crippen LogP contribution in [-0.2, 0) is 7.05 Å². The summed E-state index contributed by atoms with van der Waals surface area (Å²) in [6.45, 7) is 3.53. The minimum atomic E-state index is 0.134. The summed E-state index contributed by atoms with van der Waals surface area (Å²) in [7, 11) is 1.93. The first-order valence-electron chi connectivity index (χ1n) is 9.28. The van der Waals surface area contributed by atoms with Crippen molar-refractivity contribution in [3.05, 3.63) is 44.9 Å². The number of halogens is 1. The molecule has 1 fully saturated rings. The SMILES string of the molecule is Cc1nn(C)c2sc(C(=O)N3CCC(c4nc5cc(Cl)ccc5s4)CC3)cc12. The van der Waals surface area contributed by atoms with Gasteiger partial charge in [-0.3, -0.25) is 9.48 Å². The van der Waals surface area contributed by atoms with Crippen LogP contribution in [0.1, 0.15) is 39.1 Å². The molecule has 4 aromatic rings. The Hall–Kier alpha value is -1.96. The van der Waals surface area contributed by atoms with E-state index in [1.54, 1.807) is 11.3 Å². The van der Waals surface area contributed by atoms with Crippen molar-refractivity contribution in [2.75, 3.05) is 13.1 Å². The molecule has 0 N–H and O–H groups in total. The minimum absolute atomic E-state index is 0.134. The summed E-state index contributed by atoms with van der Waals surface area (Å²) in [5.74, 6) is 0.546. The van der Waals surface area contributed by atoms with Crippen LogP contribution in [-0.4, -0.2) is 38.7 Å². The van der Waals surface area contributed by atoms with Gasteiger partial charge in [-0.2, -0.15) is 5.10 Å². The van der Waals surface area contributed by atoms with E-state index in [1.807, 2.05) is 47.8 Å². The summed E-state index contributed by atoms with van der Waals surface area (Å²) in [5.41, 5.74) is 1.95. The molecule has 0 spiro atoms. The summed E-state index contributed by atoms with van der Waals surface area (Å²) in [4.78, 5) is 21.6. The molecule has 1 aliphatic heterocycles. The highest BCUT2D eigenvalue weighted by molar-refractivity contribution is 7.20. The first-order chi connectivity index (χ1) is 13.5. The molecule has 0 bridgehead atoms. The van der Waals surface area contributed by atoms with Gasteiger partial charge in [-0.25, -0.2) is 4.98 Å². The molecule has 0 saturated carbocycles. The predicted molar refractivity (Wildman–Crippen MR) is 116 cm³/mol. The van der Waals surface area contributed by atoms with Crippen molar-refractivity contribution in [2.45, 2.75) is 25.7 Å². The smallest absolute Gasteiger partial charge is 0.264 e. The molecule has 8 heteroatoms. The van der Waals surface area contributed by atoms with Gasteiger partial charge in [0.2, 0.25) is 0 Å². The van der Waals surface area contributed by atoms with Crippen molar-refractivity contribution >= 4 is 60.6 Å². The van der Waals surface area contributed by atoms with E-state index in [2.05, 4.69) is 5.10 Å². The Morgan fingerprint density at radius 1 is 1.21 bits per heavy atom. The van der Waals surface area contributed by atoms with Gasteiger partial charge >= 0.3 is 0 Å². The number of hydrogen-bond donors (Lipinski definition) is 0. The number of carbonyl (C=O) groups excluding carboxylic acids is 1. The van der Waals surface area contributed by atoms with E-state index in [0.717, 1.165) is 62.3 Å². The van der Waals surface area contributed by atoms with E-state index >= 15 is 0 Å². The molecule has 5 nitrogen and oxygen atoms in total. The Labute approximate surface area is 175 Å². The summed E-state index contributed by atoms with van der Waals surface area (Å²) in [5, 5.41) is 7.38. The minimum Gasteiger partial charge on any atom is -0.338 e. The van der Waals surface area contributed by atoms with Crippen LogP contribution in [0.2, 0.25) is 5.02 Å². The maximum Gasteiger partial charge on any atom is 0.264 e. The van der Waals surface area contributed by atoms with E-state index in [0.29, 0.717) is 5.92 Å². The third-order valence-electron chi connectivity index (χ3n) is 5.40. The van der Waals surface area contributed by atoms with Crippen LogP contribution in [0.15, 0.2) is 24.3 Å². The summed E-state index contributed by atoms with van der Waals surface area (Å²) < 4.78 is 3.03. The normalized spacial score (nSPS) is 15.8. The highest BCUT2D eigenvalue weighted by Gasteiger charge is 2.28. The van der Waals surface area contributed by atoms with Crippen molar-refractivity contribution in [1.29, 1.82) is 0 Å². The number of fused-ring (bicyclic) bond motifs is 2. The van der Waals surface area contributed by atoms with Crippen molar-refractivity contribution in [1.82, 2.24) is 19.7 Å². The molecule has 144 valence electrons. The number of thiophene rings is 1. The molecule has 0 unspecified atom stereocenters. The number of hydrogen-bond acceptors (Lipinski definition) is 5. The Kier molecular flexibility index (Phi) is 4.41. The molecule has 1 aromatic carbocycles. The lowest BCUT2D eigenvalue weighted by atomic mass is 9.97. The third-order valence-corrected chi connectivity index (χ3v) is 8.03.